The van der Waals surface area contributed by atoms with E-state index in [0.717, 1.165) is 12.0 Å². The van der Waals surface area contributed by atoms with Gasteiger partial charge in [0.05, 0.1) is 6.10 Å². The first-order valence-corrected chi connectivity index (χ1v) is 6.53. The second-order valence-electron chi connectivity index (χ2n) is 5.27. The molecule has 0 heterocycles. The van der Waals surface area contributed by atoms with Crippen molar-refractivity contribution >= 4 is 0 Å². The standard InChI is InChI=1S/C17H18O/c1-11-7-8-15-12(2)14-6-4-3-5-13(14)10-17(18)16(15)9-11/h3-9,12,17-18H,10H2,1-2H3. The van der Waals surface area contributed by atoms with Crippen LogP contribution in [0.4, 0.5) is 0 Å². The van der Waals surface area contributed by atoms with Gasteiger partial charge in [-0.25, -0.2) is 0 Å². The van der Waals surface area contributed by atoms with Crippen molar-refractivity contribution in [2.24, 2.45) is 0 Å². The van der Waals surface area contributed by atoms with Crippen molar-refractivity contribution in [1.29, 1.82) is 0 Å². The number of benzene rings is 2. The molecular weight excluding hydrogens is 220 g/mol. The third kappa shape index (κ3) is 1.75. The Kier molecular flexibility index (Phi) is 2.71. The number of aliphatic hydroxyl groups excluding tert-OH is 1. The Hall–Kier alpha value is -1.60. The molecule has 2 atom stereocenters. The molecule has 0 aliphatic heterocycles. The minimum atomic E-state index is -0.383. The summed E-state index contributed by atoms with van der Waals surface area (Å²) in [5, 5.41) is 10.4. The van der Waals surface area contributed by atoms with Gasteiger partial charge in [-0.1, -0.05) is 55.0 Å². The topological polar surface area (TPSA) is 20.2 Å². The largest absolute Gasteiger partial charge is 0.388 e. The van der Waals surface area contributed by atoms with Crippen molar-refractivity contribution in [1.82, 2.24) is 0 Å². The molecule has 1 heteroatoms. The fourth-order valence-electron chi connectivity index (χ4n) is 3.01. The summed E-state index contributed by atoms with van der Waals surface area (Å²) < 4.78 is 0. The second kappa shape index (κ2) is 4.25. The van der Waals surface area contributed by atoms with Crippen molar-refractivity contribution in [3.63, 3.8) is 0 Å². The van der Waals surface area contributed by atoms with Crippen LogP contribution in [0.25, 0.3) is 0 Å². The van der Waals surface area contributed by atoms with Gasteiger partial charge in [0.15, 0.2) is 0 Å². The van der Waals surface area contributed by atoms with Crippen LogP contribution in [0.2, 0.25) is 0 Å². The van der Waals surface area contributed by atoms with Crippen LogP contribution < -0.4 is 0 Å². The van der Waals surface area contributed by atoms with Crippen LogP contribution in [0.15, 0.2) is 42.5 Å². The molecule has 0 aromatic heterocycles. The predicted molar refractivity (Wildman–Crippen MR) is 73.8 cm³/mol. The lowest BCUT2D eigenvalue weighted by Crippen LogP contribution is -2.03. The van der Waals surface area contributed by atoms with Crippen LogP contribution in [0.1, 0.15) is 46.8 Å². The molecular formula is C17H18O. The summed E-state index contributed by atoms with van der Waals surface area (Å²) in [6.07, 6.45) is 0.336. The summed E-state index contributed by atoms with van der Waals surface area (Å²) in [5.74, 6) is 0.356. The van der Waals surface area contributed by atoms with Crippen LogP contribution in [0.5, 0.6) is 0 Å². The number of rotatable bonds is 0. The number of fused-ring (bicyclic) bond motifs is 2. The molecule has 1 N–H and O–H groups in total. The van der Waals surface area contributed by atoms with Crippen LogP contribution in [-0.4, -0.2) is 5.11 Å². The first-order valence-electron chi connectivity index (χ1n) is 6.53. The summed E-state index contributed by atoms with van der Waals surface area (Å²) in [5.41, 5.74) is 6.19. The zero-order valence-electron chi connectivity index (χ0n) is 10.9. The average molecular weight is 238 g/mol. The molecule has 2 aromatic carbocycles. The predicted octanol–water partition coefficient (Wildman–Crippen LogP) is 3.74. The van der Waals surface area contributed by atoms with E-state index in [4.69, 9.17) is 0 Å². The molecule has 0 saturated carbocycles. The highest BCUT2D eigenvalue weighted by atomic mass is 16.3. The highest BCUT2D eigenvalue weighted by Gasteiger charge is 2.24. The molecule has 0 fully saturated rings. The fourth-order valence-corrected chi connectivity index (χ4v) is 3.01. The SMILES string of the molecule is Cc1ccc2c(c1)C(O)Cc1ccccc1C2C. The zero-order chi connectivity index (χ0) is 12.7. The van der Waals surface area contributed by atoms with Gasteiger partial charge in [0.25, 0.3) is 0 Å². The van der Waals surface area contributed by atoms with E-state index >= 15 is 0 Å². The lowest BCUT2D eigenvalue weighted by atomic mass is 9.89. The third-order valence-electron chi connectivity index (χ3n) is 4.00. The van der Waals surface area contributed by atoms with E-state index in [1.165, 1.54) is 22.3 Å². The molecule has 1 aliphatic carbocycles. The Balaban J connectivity index is 2.22. The number of hydrogen-bond donors (Lipinski definition) is 1. The van der Waals surface area contributed by atoms with Gasteiger partial charge in [-0.2, -0.15) is 0 Å². The Morgan fingerprint density at radius 1 is 1.00 bits per heavy atom. The van der Waals surface area contributed by atoms with Crippen molar-refractivity contribution in [3.8, 4) is 0 Å². The first-order chi connectivity index (χ1) is 8.66. The van der Waals surface area contributed by atoms with E-state index in [1.54, 1.807) is 0 Å². The molecule has 92 valence electrons. The van der Waals surface area contributed by atoms with E-state index in [0.29, 0.717) is 5.92 Å². The average Bonchev–Trinajstić information content (AvgIpc) is 2.47. The highest BCUT2D eigenvalue weighted by molar-refractivity contribution is 5.46. The van der Waals surface area contributed by atoms with Crippen molar-refractivity contribution in [2.75, 3.05) is 0 Å². The highest BCUT2D eigenvalue weighted by Crippen LogP contribution is 2.38. The van der Waals surface area contributed by atoms with Crippen molar-refractivity contribution in [2.45, 2.75) is 32.3 Å². The van der Waals surface area contributed by atoms with E-state index in [9.17, 15) is 5.11 Å². The molecule has 1 nitrogen and oxygen atoms in total. The van der Waals surface area contributed by atoms with Crippen LogP contribution in [0.3, 0.4) is 0 Å². The maximum Gasteiger partial charge on any atom is 0.0833 e. The Morgan fingerprint density at radius 3 is 2.61 bits per heavy atom. The first kappa shape index (κ1) is 11.5. The van der Waals surface area contributed by atoms with Gasteiger partial charge in [0.2, 0.25) is 0 Å². The van der Waals surface area contributed by atoms with Crippen LogP contribution in [0, 0.1) is 6.92 Å². The lowest BCUT2D eigenvalue weighted by Gasteiger charge is -2.16. The molecule has 0 amide bonds. The minimum absolute atomic E-state index is 0.356. The molecule has 0 bridgehead atoms. The molecule has 3 rings (SSSR count). The van der Waals surface area contributed by atoms with E-state index in [-0.39, 0.29) is 6.10 Å². The van der Waals surface area contributed by atoms with E-state index in [2.05, 4.69) is 56.3 Å². The molecule has 2 unspecified atom stereocenters. The smallest absolute Gasteiger partial charge is 0.0833 e. The Morgan fingerprint density at radius 2 is 1.78 bits per heavy atom. The molecule has 0 radical (unpaired) electrons. The van der Waals surface area contributed by atoms with Crippen LogP contribution >= 0.6 is 0 Å². The lowest BCUT2D eigenvalue weighted by molar-refractivity contribution is 0.178. The molecule has 2 aromatic rings. The monoisotopic (exact) mass is 238 g/mol. The number of hydrogen-bond acceptors (Lipinski definition) is 1. The maximum atomic E-state index is 10.4. The molecule has 0 spiro atoms. The van der Waals surface area contributed by atoms with Crippen molar-refractivity contribution < 1.29 is 5.11 Å². The fraction of sp³-hybridized carbons (Fsp3) is 0.294. The summed E-state index contributed by atoms with van der Waals surface area (Å²) in [6, 6.07) is 14.9. The van der Waals surface area contributed by atoms with E-state index in [1.807, 2.05) is 0 Å². The summed E-state index contributed by atoms with van der Waals surface area (Å²) in [4.78, 5) is 0. The number of aryl methyl sites for hydroxylation is 1. The summed E-state index contributed by atoms with van der Waals surface area (Å²) in [6.45, 7) is 4.31. The van der Waals surface area contributed by atoms with Gasteiger partial charge in [-0.3, -0.25) is 0 Å². The normalized spacial score (nSPS) is 21.9. The van der Waals surface area contributed by atoms with Gasteiger partial charge in [0, 0.05) is 12.3 Å². The van der Waals surface area contributed by atoms with Crippen molar-refractivity contribution in [3.05, 3.63) is 70.3 Å². The third-order valence-corrected chi connectivity index (χ3v) is 4.00. The molecule has 0 saturated heterocycles. The van der Waals surface area contributed by atoms with Crippen LogP contribution in [-0.2, 0) is 6.42 Å². The van der Waals surface area contributed by atoms with Gasteiger partial charge >= 0.3 is 0 Å². The number of aliphatic hydroxyl groups is 1. The zero-order valence-corrected chi connectivity index (χ0v) is 10.9. The Labute approximate surface area is 108 Å². The van der Waals surface area contributed by atoms with Gasteiger partial charge in [0.1, 0.15) is 0 Å². The van der Waals surface area contributed by atoms with Gasteiger partial charge < -0.3 is 5.11 Å². The second-order valence-corrected chi connectivity index (χ2v) is 5.27. The molecule has 18 heavy (non-hydrogen) atoms. The summed E-state index contributed by atoms with van der Waals surface area (Å²) in [7, 11) is 0. The minimum Gasteiger partial charge on any atom is -0.388 e. The van der Waals surface area contributed by atoms with E-state index < -0.39 is 0 Å². The van der Waals surface area contributed by atoms with Gasteiger partial charge in [-0.15, -0.1) is 0 Å². The maximum absolute atomic E-state index is 10.4. The van der Waals surface area contributed by atoms with Gasteiger partial charge in [-0.05, 0) is 29.2 Å². The quantitative estimate of drug-likeness (QED) is 0.741. The Bertz CT molecular complexity index is 586. The molecule has 1 aliphatic rings. The summed E-state index contributed by atoms with van der Waals surface area (Å²) >= 11 is 0.